The number of pyridine rings is 1. The fraction of sp³-hybridized carbons (Fsp3) is 0.615. The Morgan fingerprint density at radius 2 is 2.04 bits per heavy atom. The van der Waals surface area contributed by atoms with Gasteiger partial charge in [-0.25, -0.2) is 4.39 Å². The van der Waals surface area contributed by atoms with E-state index in [0.717, 1.165) is 12.1 Å². The Balaban J connectivity index is 2.01. The SMILES string of the molecule is COC1(CNc2nc(OSC(F)(F)F)ccc2F)CCOCC1. The molecule has 1 aromatic rings. The van der Waals surface area contributed by atoms with Crippen LogP contribution < -0.4 is 9.50 Å². The number of hydrogen-bond donors (Lipinski definition) is 1. The standard InChI is InChI=1S/C13H16F4N2O3S/c1-20-12(4-6-21-7-5-12)8-18-11-9(14)2-3-10(19-11)22-23-13(15,16)17/h2-3H,4-8H2,1H3,(H,18,19). The van der Waals surface area contributed by atoms with Crippen LogP contribution in [-0.4, -0.2) is 43.0 Å². The first-order valence-corrected chi connectivity index (χ1v) is 7.53. The Hall–Kier alpha value is -1.26. The minimum atomic E-state index is -4.56. The van der Waals surface area contributed by atoms with Gasteiger partial charge in [0.25, 0.3) is 0 Å². The predicted molar refractivity (Wildman–Crippen MR) is 76.8 cm³/mol. The molecular weight excluding hydrogens is 340 g/mol. The van der Waals surface area contributed by atoms with Crippen molar-refractivity contribution < 1.29 is 31.2 Å². The third-order valence-corrected chi connectivity index (χ3v) is 3.90. The molecule has 0 saturated carbocycles. The highest BCUT2D eigenvalue weighted by atomic mass is 32.2. The molecule has 130 valence electrons. The summed E-state index contributed by atoms with van der Waals surface area (Å²) < 4.78 is 65.2. The van der Waals surface area contributed by atoms with E-state index in [1.807, 2.05) is 0 Å². The molecular formula is C13H16F4N2O3S. The maximum Gasteiger partial charge on any atom is 0.479 e. The lowest BCUT2D eigenvalue weighted by Gasteiger charge is -2.36. The largest absolute Gasteiger partial charge is 0.479 e. The minimum Gasteiger partial charge on any atom is -0.397 e. The van der Waals surface area contributed by atoms with E-state index in [0.29, 0.717) is 26.1 Å². The van der Waals surface area contributed by atoms with Crippen molar-refractivity contribution in [3.05, 3.63) is 17.9 Å². The van der Waals surface area contributed by atoms with Crippen LogP contribution in [-0.2, 0) is 9.47 Å². The van der Waals surface area contributed by atoms with Gasteiger partial charge in [0.15, 0.2) is 23.7 Å². The number of methoxy groups -OCH3 is 1. The van der Waals surface area contributed by atoms with E-state index in [1.165, 1.54) is 0 Å². The first-order chi connectivity index (χ1) is 10.8. The molecule has 5 nitrogen and oxygen atoms in total. The molecule has 0 radical (unpaired) electrons. The number of nitrogens with one attached hydrogen (secondary N) is 1. The maximum atomic E-state index is 13.8. The highest BCUT2D eigenvalue weighted by Gasteiger charge is 2.33. The van der Waals surface area contributed by atoms with Crippen LogP contribution in [0.25, 0.3) is 0 Å². The molecule has 1 fully saturated rings. The summed E-state index contributed by atoms with van der Waals surface area (Å²) >= 11 is -0.703. The number of rotatable bonds is 6. The van der Waals surface area contributed by atoms with Gasteiger partial charge in [0, 0.05) is 45.8 Å². The van der Waals surface area contributed by atoms with Crippen LogP contribution in [0.2, 0.25) is 0 Å². The molecule has 0 atom stereocenters. The normalized spacial score (nSPS) is 17.8. The minimum absolute atomic E-state index is 0.187. The second kappa shape index (κ2) is 7.54. The number of ether oxygens (including phenoxy) is 2. The fourth-order valence-corrected chi connectivity index (χ4v) is 2.40. The van der Waals surface area contributed by atoms with Crippen molar-refractivity contribution in [1.29, 1.82) is 0 Å². The molecule has 0 spiro atoms. The van der Waals surface area contributed by atoms with E-state index in [1.54, 1.807) is 7.11 Å². The summed E-state index contributed by atoms with van der Waals surface area (Å²) in [4.78, 5) is 3.71. The lowest BCUT2D eigenvalue weighted by molar-refractivity contribution is -0.0807. The molecule has 1 aliphatic heterocycles. The van der Waals surface area contributed by atoms with E-state index in [4.69, 9.17) is 9.47 Å². The topological polar surface area (TPSA) is 52.6 Å². The van der Waals surface area contributed by atoms with Crippen LogP contribution in [0.15, 0.2) is 12.1 Å². The third kappa shape index (κ3) is 5.40. The van der Waals surface area contributed by atoms with Crippen molar-refractivity contribution in [1.82, 2.24) is 4.98 Å². The highest BCUT2D eigenvalue weighted by molar-refractivity contribution is 7.95. The quantitative estimate of drug-likeness (QED) is 0.623. The average molecular weight is 356 g/mol. The summed E-state index contributed by atoms with van der Waals surface area (Å²) in [7, 11) is 1.55. The number of anilines is 1. The van der Waals surface area contributed by atoms with Gasteiger partial charge in [-0.15, -0.1) is 0 Å². The monoisotopic (exact) mass is 356 g/mol. The van der Waals surface area contributed by atoms with Crippen molar-refractivity contribution in [3.63, 3.8) is 0 Å². The second-order valence-electron chi connectivity index (χ2n) is 4.95. The molecule has 0 unspecified atom stereocenters. The molecule has 2 rings (SSSR count). The molecule has 1 N–H and O–H groups in total. The summed E-state index contributed by atoms with van der Waals surface area (Å²) in [6.45, 7) is 1.31. The Bertz CT molecular complexity index is 524. The van der Waals surface area contributed by atoms with Gasteiger partial charge in [0.05, 0.1) is 5.60 Å². The van der Waals surface area contributed by atoms with Gasteiger partial charge in [0.1, 0.15) is 0 Å². The van der Waals surface area contributed by atoms with E-state index in [9.17, 15) is 17.6 Å². The molecule has 10 heteroatoms. The zero-order chi connectivity index (χ0) is 16.9. The van der Waals surface area contributed by atoms with Gasteiger partial charge >= 0.3 is 5.51 Å². The number of aromatic nitrogens is 1. The van der Waals surface area contributed by atoms with Crippen LogP contribution in [0.5, 0.6) is 5.88 Å². The number of hydrogen-bond acceptors (Lipinski definition) is 6. The van der Waals surface area contributed by atoms with Gasteiger partial charge < -0.3 is 19.0 Å². The molecule has 1 aromatic heterocycles. The van der Waals surface area contributed by atoms with Crippen LogP contribution in [0, 0.1) is 5.82 Å². The van der Waals surface area contributed by atoms with Gasteiger partial charge in [-0.05, 0) is 6.07 Å². The Kier molecular flexibility index (Phi) is 5.93. The predicted octanol–water partition coefficient (Wildman–Crippen LogP) is 3.38. The summed E-state index contributed by atoms with van der Waals surface area (Å²) in [6.07, 6.45) is 1.25. The number of nitrogens with zero attached hydrogens (tertiary/aromatic N) is 1. The Morgan fingerprint density at radius 1 is 1.35 bits per heavy atom. The third-order valence-electron chi connectivity index (χ3n) is 3.46. The zero-order valence-electron chi connectivity index (χ0n) is 12.3. The summed E-state index contributed by atoms with van der Waals surface area (Å²) in [5.74, 6) is -1.21. The van der Waals surface area contributed by atoms with Crippen LogP contribution in [0.1, 0.15) is 12.8 Å². The number of halogens is 4. The van der Waals surface area contributed by atoms with Crippen molar-refractivity contribution in [2.75, 3.05) is 32.2 Å². The van der Waals surface area contributed by atoms with E-state index in [2.05, 4.69) is 14.5 Å². The van der Waals surface area contributed by atoms with Crippen LogP contribution >= 0.6 is 12.0 Å². The molecule has 23 heavy (non-hydrogen) atoms. The van der Waals surface area contributed by atoms with Crippen molar-refractivity contribution in [2.24, 2.45) is 0 Å². The lowest BCUT2D eigenvalue weighted by atomic mass is 9.94. The second-order valence-corrected chi connectivity index (χ2v) is 5.74. The molecule has 1 aliphatic rings. The van der Waals surface area contributed by atoms with E-state index >= 15 is 0 Å². The van der Waals surface area contributed by atoms with Crippen molar-refractivity contribution in [2.45, 2.75) is 24.0 Å². The highest BCUT2D eigenvalue weighted by Crippen LogP contribution is 2.32. The molecule has 0 amide bonds. The van der Waals surface area contributed by atoms with Gasteiger partial charge in [-0.1, -0.05) is 0 Å². The molecule has 0 aromatic carbocycles. The van der Waals surface area contributed by atoms with Crippen molar-refractivity contribution in [3.8, 4) is 5.88 Å². The fourth-order valence-electron chi connectivity index (χ4n) is 2.13. The van der Waals surface area contributed by atoms with E-state index in [-0.39, 0.29) is 18.2 Å². The zero-order valence-corrected chi connectivity index (χ0v) is 13.1. The Labute approximate surface area is 134 Å². The lowest BCUT2D eigenvalue weighted by Crippen LogP contribution is -2.44. The molecule has 2 heterocycles. The first-order valence-electron chi connectivity index (χ1n) is 6.79. The molecule has 0 aliphatic carbocycles. The van der Waals surface area contributed by atoms with Gasteiger partial charge in [-0.2, -0.15) is 18.2 Å². The Morgan fingerprint density at radius 3 is 2.65 bits per heavy atom. The maximum absolute atomic E-state index is 13.8. The van der Waals surface area contributed by atoms with E-state index < -0.39 is 29.0 Å². The van der Waals surface area contributed by atoms with Gasteiger partial charge in [0.2, 0.25) is 5.88 Å². The van der Waals surface area contributed by atoms with Crippen molar-refractivity contribution >= 4 is 17.9 Å². The van der Waals surface area contributed by atoms with Crippen LogP contribution in [0.4, 0.5) is 23.4 Å². The summed E-state index contributed by atoms with van der Waals surface area (Å²) in [6, 6.07) is 2.02. The number of alkyl halides is 3. The summed E-state index contributed by atoms with van der Waals surface area (Å²) in [5, 5.41) is 2.77. The summed E-state index contributed by atoms with van der Waals surface area (Å²) in [5.41, 5.74) is -5.09. The average Bonchev–Trinajstić information content (AvgIpc) is 2.53. The van der Waals surface area contributed by atoms with Crippen LogP contribution in [0.3, 0.4) is 0 Å². The smallest absolute Gasteiger partial charge is 0.397 e. The van der Waals surface area contributed by atoms with Gasteiger partial charge in [-0.3, -0.25) is 0 Å². The molecule has 0 bridgehead atoms. The first kappa shape index (κ1) is 18.1. The molecule has 1 saturated heterocycles.